The van der Waals surface area contributed by atoms with Crippen LogP contribution in [-0.4, -0.2) is 50.1 Å². The Morgan fingerprint density at radius 2 is 2.03 bits per heavy atom. The third-order valence-electron chi connectivity index (χ3n) is 4.86. The van der Waals surface area contributed by atoms with Crippen LogP contribution < -0.4 is 15.5 Å². The fraction of sp³-hybridized carbons (Fsp3) is 0.286. The summed E-state index contributed by atoms with van der Waals surface area (Å²) in [5.41, 5.74) is 2.57. The Kier molecular flexibility index (Phi) is 5.16. The molecule has 2 heterocycles. The number of carbonyl (C=O) groups excluding carboxylic acids is 2. The quantitative estimate of drug-likeness (QED) is 0.813. The predicted molar refractivity (Wildman–Crippen MR) is 108 cm³/mol. The standard InChI is InChI=1S/C21H21FN4O3/c1-13(27)25-11-17-12-26(21(28)29-17)16-6-7-18(19(22)10-16)14-2-4-15(5-3-14)20-23-8-9-24-20/h2-7,10,17H,8-9,11-12H2,1H3,(H,23,24)(H,25,27)/t17-/m0/s1. The molecule has 0 unspecified atom stereocenters. The second-order valence-electron chi connectivity index (χ2n) is 6.95. The van der Waals surface area contributed by atoms with Gasteiger partial charge in [-0.05, 0) is 23.8 Å². The molecule has 1 fully saturated rings. The van der Waals surface area contributed by atoms with Crippen molar-refractivity contribution in [2.45, 2.75) is 13.0 Å². The van der Waals surface area contributed by atoms with Gasteiger partial charge in [0.25, 0.3) is 0 Å². The molecule has 7 nitrogen and oxygen atoms in total. The molecule has 2 aromatic rings. The Morgan fingerprint density at radius 3 is 2.69 bits per heavy atom. The van der Waals surface area contributed by atoms with Gasteiger partial charge in [0.15, 0.2) is 0 Å². The Balaban J connectivity index is 1.49. The Hall–Kier alpha value is -3.42. The molecule has 0 aliphatic carbocycles. The van der Waals surface area contributed by atoms with Gasteiger partial charge in [-0.3, -0.25) is 14.7 Å². The van der Waals surface area contributed by atoms with Gasteiger partial charge in [0, 0.05) is 24.6 Å². The first-order valence-corrected chi connectivity index (χ1v) is 9.42. The van der Waals surface area contributed by atoms with Gasteiger partial charge < -0.3 is 15.4 Å². The number of halogens is 1. The lowest BCUT2D eigenvalue weighted by molar-refractivity contribution is -0.119. The van der Waals surface area contributed by atoms with Crippen LogP contribution in [-0.2, 0) is 9.53 Å². The number of amidine groups is 1. The van der Waals surface area contributed by atoms with E-state index in [2.05, 4.69) is 15.6 Å². The number of rotatable bonds is 5. The molecule has 0 aromatic heterocycles. The molecular weight excluding hydrogens is 375 g/mol. The Labute approximate surface area is 167 Å². The molecule has 2 aliphatic rings. The number of hydrogen-bond acceptors (Lipinski definition) is 5. The van der Waals surface area contributed by atoms with E-state index in [1.807, 2.05) is 24.3 Å². The van der Waals surface area contributed by atoms with Crippen LogP contribution in [0.4, 0.5) is 14.9 Å². The van der Waals surface area contributed by atoms with Crippen LogP contribution in [0.1, 0.15) is 12.5 Å². The number of ether oxygens (including phenoxy) is 1. The highest BCUT2D eigenvalue weighted by molar-refractivity contribution is 6.00. The maximum Gasteiger partial charge on any atom is 0.414 e. The summed E-state index contributed by atoms with van der Waals surface area (Å²) in [7, 11) is 0. The maximum absolute atomic E-state index is 14.8. The molecule has 0 saturated carbocycles. The third kappa shape index (κ3) is 4.06. The van der Waals surface area contributed by atoms with Gasteiger partial charge in [-0.25, -0.2) is 9.18 Å². The molecule has 150 valence electrons. The lowest BCUT2D eigenvalue weighted by atomic mass is 10.0. The summed E-state index contributed by atoms with van der Waals surface area (Å²) in [6.45, 7) is 3.47. The molecule has 1 saturated heterocycles. The lowest BCUT2D eigenvalue weighted by Crippen LogP contribution is -2.33. The van der Waals surface area contributed by atoms with E-state index in [0.29, 0.717) is 11.3 Å². The molecule has 2 amide bonds. The van der Waals surface area contributed by atoms with Crippen molar-refractivity contribution in [3.63, 3.8) is 0 Å². The van der Waals surface area contributed by atoms with E-state index in [1.54, 1.807) is 12.1 Å². The van der Waals surface area contributed by atoms with Gasteiger partial charge in [-0.15, -0.1) is 0 Å². The van der Waals surface area contributed by atoms with E-state index in [-0.39, 0.29) is 19.0 Å². The lowest BCUT2D eigenvalue weighted by Gasteiger charge is -2.15. The number of cyclic esters (lactones) is 1. The van der Waals surface area contributed by atoms with Crippen molar-refractivity contribution in [1.82, 2.24) is 10.6 Å². The van der Waals surface area contributed by atoms with E-state index in [4.69, 9.17) is 4.74 Å². The van der Waals surface area contributed by atoms with Crippen LogP contribution in [0.5, 0.6) is 0 Å². The van der Waals surface area contributed by atoms with E-state index in [0.717, 1.165) is 30.1 Å². The van der Waals surface area contributed by atoms with Crippen LogP contribution in [0.3, 0.4) is 0 Å². The highest BCUT2D eigenvalue weighted by atomic mass is 19.1. The molecule has 1 atom stereocenters. The van der Waals surface area contributed by atoms with Crippen molar-refractivity contribution in [2.24, 2.45) is 4.99 Å². The molecule has 0 radical (unpaired) electrons. The van der Waals surface area contributed by atoms with Crippen molar-refractivity contribution >= 4 is 23.5 Å². The minimum absolute atomic E-state index is 0.198. The first-order valence-electron chi connectivity index (χ1n) is 9.42. The zero-order valence-corrected chi connectivity index (χ0v) is 15.9. The van der Waals surface area contributed by atoms with Crippen molar-refractivity contribution in [2.75, 3.05) is 31.1 Å². The Morgan fingerprint density at radius 1 is 1.28 bits per heavy atom. The van der Waals surface area contributed by atoms with Crippen LogP contribution >= 0.6 is 0 Å². The molecule has 29 heavy (non-hydrogen) atoms. The molecular formula is C21H21FN4O3. The molecule has 4 rings (SSSR count). The van der Waals surface area contributed by atoms with Gasteiger partial charge in [0.2, 0.25) is 5.91 Å². The van der Waals surface area contributed by atoms with E-state index in [1.165, 1.54) is 17.9 Å². The van der Waals surface area contributed by atoms with E-state index < -0.39 is 18.0 Å². The minimum Gasteiger partial charge on any atom is -0.442 e. The SMILES string of the molecule is CC(=O)NC[C@H]1CN(c2ccc(-c3ccc(C4=NCCN4)cc3)c(F)c2)C(=O)O1. The second-order valence-corrected chi connectivity index (χ2v) is 6.95. The van der Waals surface area contributed by atoms with Gasteiger partial charge in [-0.1, -0.05) is 24.3 Å². The number of nitrogens with zero attached hydrogens (tertiary/aromatic N) is 2. The van der Waals surface area contributed by atoms with Gasteiger partial charge in [-0.2, -0.15) is 0 Å². The smallest absolute Gasteiger partial charge is 0.414 e. The van der Waals surface area contributed by atoms with Gasteiger partial charge in [0.05, 0.1) is 25.3 Å². The monoisotopic (exact) mass is 396 g/mol. The largest absolute Gasteiger partial charge is 0.442 e. The first kappa shape index (κ1) is 18.9. The molecule has 0 spiro atoms. The fourth-order valence-electron chi connectivity index (χ4n) is 3.40. The average Bonchev–Trinajstić information content (AvgIpc) is 3.36. The minimum atomic E-state index is -0.554. The number of nitrogens with one attached hydrogen (secondary N) is 2. The fourth-order valence-corrected chi connectivity index (χ4v) is 3.40. The number of hydrogen-bond donors (Lipinski definition) is 2. The van der Waals surface area contributed by atoms with Crippen molar-refractivity contribution < 1.29 is 18.7 Å². The van der Waals surface area contributed by atoms with Crippen molar-refractivity contribution in [1.29, 1.82) is 0 Å². The Bertz CT molecular complexity index is 974. The summed E-state index contributed by atoms with van der Waals surface area (Å²) in [4.78, 5) is 28.9. The van der Waals surface area contributed by atoms with Gasteiger partial charge in [0.1, 0.15) is 17.8 Å². The summed E-state index contributed by atoms with van der Waals surface area (Å²) in [5, 5.41) is 5.83. The summed E-state index contributed by atoms with van der Waals surface area (Å²) in [5.74, 6) is 0.232. The number of anilines is 1. The molecule has 2 aliphatic heterocycles. The topological polar surface area (TPSA) is 83.0 Å². The summed E-state index contributed by atoms with van der Waals surface area (Å²) < 4.78 is 20.0. The summed E-state index contributed by atoms with van der Waals surface area (Å²) in [6, 6.07) is 12.2. The number of carbonyl (C=O) groups is 2. The van der Waals surface area contributed by atoms with Crippen LogP contribution in [0.25, 0.3) is 11.1 Å². The molecule has 2 N–H and O–H groups in total. The van der Waals surface area contributed by atoms with E-state index >= 15 is 0 Å². The average molecular weight is 396 g/mol. The molecule has 0 bridgehead atoms. The number of benzene rings is 2. The maximum atomic E-state index is 14.8. The predicted octanol–water partition coefficient (Wildman–Crippen LogP) is 2.30. The van der Waals surface area contributed by atoms with E-state index in [9.17, 15) is 14.0 Å². The van der Waals surface area contributed by atoms with Crippen molar-refractivity contribution in [3.05, 3.63) is 53.8 Å². The highest BCUT2D eigenvalue weighted by Crippen LogP contribution is 2.29. The summed E-state index contributed by atoms with van der Waals surface area (Å²) >= 11 is 0. The second kappa shape index (κ2) is 7.90. The first-order chi connectivity index (χ1) is 14.0. The summed E-state index contributed by atoms with van der Waals surface area (Å²) in [6.07, 6.45) is -1.02. The number of aliphatic imine (C=N–C) groups is 1. The number of amides is 2. The van der Waals surface area contributed by atoms with Gasteiger partial charge >= 0.3 is 6.09 Å². The van der Waals surface area contributed by atoms with Crippen molar-refractivity contribution in [3.8, 4) is 11.1 Å². The molecule has 8 heteroatoms. The van der Waals surface area contributed by atoms with Crippen LogP contribution in [0.2, 0.25) is 0 Å². The zero-order chi connectivity index (χ0) is 20.4. The van der Waals surface area contributed by atoms with Crippen LogP contribution in [0, 0.1) is 5.82 Å². The molecule has 2 aromatic carbocycles. The third-order valence-corrected chi connectivity index (χ3v) is 4.86. The highest BCUT2D eigenvalue weighted by Gasteiger charge is 2.32. The normalized spacial score (nSPS) is 18.3. The zero-order valence-electron chi connectivity index (χ0n) is 15.9. The van der Waals surface area contributed by atoms with Crippen LogP contribution in [0.15, 0.2) is 47.5 Å².